The van der Waals surface area contributed by atoms with Crippen LogP contribution in [0.5, 0.6) is 0 Å². The fourth-order valence-corrected chi connectivity index (χ4v) is 2.49. The molecule has 108 valence electrons. The molecule has 1 atom stereocenters. The van der Waals surface area contributed by atoms with Crippen molar-refractivity contribution in [3.63, 3.8) is 0 Å². The van der Waals surface area contributed by atoms with Crippen molar-refractivity contribution in [2.75, 3.05) is 6.54 Å². The molecule has 0 aromatic rings. The van der Waals surface area contributed by atoms with E-state index in [9.17, 15) is 0 Å². The molecule has 0 radical (unpaired) electrons. The van der Waals surface area contributed by atoms with Gasteiger partial charge in [-0.05, 0) is 58.3 Å². The summed E-state index contributed by atoms with van der Waals surface area (Å²) in [6.45, 7) is 14.6. The zero-order valence-corrected chi connectivity index (χ0v) is 13.3. The smallest absolute Gasteiger partial charge is 0.0700 e. The van der Waals surface area contributed by atoms with E-state index in [4.69, 9.17) is 4.74 Å². The molecule has 1 fully saturated rings. The summed E-state index contributed by atoms with van der Waals surface area (Å²) >= 11 is 0. The van der Waals surface area contributed by atoms with E-state index < -0.39 is 0 Å². The average Bonchev–Trinajstić information content (AvgIpc) is 2.25. The summed E-state index contributed by atoms with van der Waals surface area (Å²) in [4.78, 5) is 0. The van der Waals surface area contributed by atoms with Crippen LogP contribution < -0.4 is 5.32 Å². The summed E-state index contributed by atoms with van der Waals surface area (Å²) in [7, 11) is 0. The quantitative estimate of drug-likeness (QED) is 0.797. The Balaban J connectivity index is 2.31. The molecule has 0 saturated heterocycles. The summed E-state index contributed by atoms with van der Waals surface area (Å²) in [6.07, 6.45) is 7.04. The molecule has 1 rings (SSSR count). The highest BCUT2D eigenvalue weighted by atomic mass is 16.5. The van der Waals surface area contributed by atoms with E-state index in [0.29, 0.717) is 17.6 Å². The SMILES string of the molecule is CCC(CNC(C)(C)C)OC1CCC(C)(C)CC1. The van der Waals surface area contributed by atoms with Gasteiger partial charge in [-0.15, -0.1) is 0 Å². The highest BCUT2D eigenvalue weighted by molar-refractivity contribution is 4.80. The van der Waals surface area contributed by atoms with Crippen molar-refractivity contribution in [3.05, 3.63) is 0 Å². The van der Waals surface area contributed by atoms with Crippen molar-refractivity contribution in [2.45, 2.75) is 91.4 Å². The molecule has 0 aromatic carbocycles. The number of hydrogen-bond donors (Lipinski definition) is 1. The Labute approximate surface area is 114 Å². The van der Waals surface area contributed by atoms with Crippen LogP contribution in [0.4, 0.5) is 0 Å². The van der Waals surface area contributed by atoms with Gasteiger partial charge in [-0.2, -0.15) is 0 Å². The predicted octanol–water partition coefficient (Wildman–Crippen LogP) is 4.14. The van der Waals surface area contributed by atoms with Gasteiger partial charge in [0.25, 0.3) is 0 Å². The summed E-state index contributed by atoms with van der Waals surface area (Å²) < 4.78 is 6.27. The molecule has 1 aliphatic carbocycles. The molecule has 0 spiro atoms. The maximum atomic E-state index is 6.27. The van der Waals surface area contributed by atoms with E-state index in [1.54, 1.807) is 0 Å². The number of ether oxygens (including phenoxy) is 1. The van der Waals surface area contributed by atoms with Gasteiger partial charge in [0.05, 0.1) is 12.2 Å². The molecular weight excluding hydrogens is 222 g/mol. The predicted molar refractivity (Wildman–Crippen MR) is 79.0 cm³/mol. The van der Waals surface area contributed by atoms with Crippen LogP contribution in [-0.4, -0.2) is 24.3 Å². The Morgan fingerprint density at radius 2 is 1.78 bits per heavy atom. The first-order valence-corrected chi connectivity index (χ1v) is 7.62. The van der Waals surface area contributed by atoms with Gasteiger partial charge in [-0.1, -0.05) is 20.8 Å². The molecule has 1 unspecified atom stereocenters. The highest BCUT2D eigenvalue weighted by Gasteiger charge is 2.28. The van der Waals surface area contributed by atoms with Crippen LogP contribution in [0, 0.1) is 5.41 Å². The van der Waals surface area contributed by atoms with Gasteiger partial charge < -0.3 is 10.1 Å². The Kier molecular flexibility index (Phi) is 5.67. The Morgan fingerprint density at radius 1 is 1.22 bits per heavy atom. The average molecular weight is 255 g/mol. The molecule has 1 saturated carbocycles. The minimum Gasteiger partial charge on any atom is -0.374 e. The zero-order valence-electron chi connectivity index (χ0n) is 13.3. The summed E-state index contributed by atoms with van der Waals surface area (Å²) in [6, 6.07) is 0. The van der Waals surface area contributed by atoms with Crippen LogP contribution in [0.15, 0.2) is 0 Å². The molecule has 0 aromatic heterocycles. The second kappa shape index (κ2) is 6.38. The van der Waals surface area contributed by atoms with E-state index >= 15 is 0 Å². The minimum absolute atomic E-state index is 0.186. The van der Waals surface area contributed by atoms with Crippen LogP contribution in [0.25, 0.3) is 0 Å². The molecule has 1 N–H and O–H groups in total. The molecule has 18 heavy (non-hydrogen) atoms. The summed E-state index contributed by atoms with van der Waals surface area (Å²) in [5.41, 5.74) is 0.719. The van der Waals surface area contributed by atoms with E-state index in [0.717, 1.165) is 13.0 Å². The fraction of sp³-hybridized carbons (Fsp3) is 1.00. The van der Waals surface area contributed by atoms with Gasteiger partial charge >= 0.3 is 0 Å². The third kappa shape index (κ3) is 6.19. The van der Waals surface area contributed by atoms with E-state index in [1.165, 1.54) is 25.7 Å². The van der Waals surface area contributed by atoms with Crippen molar-refractivity contribution in [2.24, 2.45) is 5.41 Å². The zero-order chi connectivity index (χ0) is 13.8. The van der Waals surface area contributed by atoms with E-state index in [1.807, 2.05) is 0 Å². The third-order valence-electron chi connectivity index (χ3n) is 3.99. The van der Waals surface area contributed by atoms with Crippen LogP contribution >= 0.6 is 0 Å². The minimum atomic E-state index is 0.186. The van der Waals surface area contributed by atoms with Gasteiger partial charge in [0.1, 0.15) is 0 Å². The Hall–Kier alpha value is -0.0800. The Morgan fingerprint density at radius 3 is 2.22 bits per heavy atom. The van der Waals surface area contributed by atoms with Crippen LogP contribution in [0.2, 0.25) is 0 Å². The second-order valence-electron chi connectivity index (χ2n) is 7.66. The Bertz CT molecular complexity index is 232. The van der Waals surface area contributed by atoms with Crippen molar-refractivity contribution in [3.8, 4) is 0 Å². The lowest BCUT2D eigenvalue weighted by atomic mass is 9.76. The summed E-state index contributed by atoms with van der Waals surface area (Å²) in [5, 5.41) is 3.55. The fourth-order valence-electron chi connectivity index (χ4n) is 2.49. The van der Waals surface area contributed by atoms with E-state index in [-0.39, 0.29) is 5.54 Å². The van der Waals surface area contributed by atoms with Crippen LogP contribution in [0.1, 0.15) is 73.6 Å². The third-order valence-corrected chi connectivity index (χ3v) is 3.99. The monoisotopic (exact) mass is 255 g/mol. The molecule has 2 heteroatoms. The number of nitrogens with one attached hydrogen (secondary N) is 1. The van der Waals surface area contributed by atoms with Gasteiger partial charge in [0.2, 0.25) is 0 Å². The number of hydrogen-bond acceptors (Lipinski definition) is 2. The lowest BCUT2D eigenvalue weighted by Gasteiger charge is -2.36. The molecular formula is C16H33NO. The van der Waals surface area contributed by atoms with Crippen molar-refractivity contribution < 1.29 is 4.74 Å². The van der Waals surface area contributed by atoms with Crippen molar-refractivity contribution in [1.82, 2.24) is 5.32 Å². The molecule has 1 aliphatic rings. The van der Waals surface area contributed by atoms with Gasteiger partial charge in [0, 0.05) is 12.1 Å². The molecule has 0 heterocycles. The highest BCUT2D eigenvalue weighted by Crippen LogP contribution is 2.36. The molecule has 0 amide bonds. The first-order chi connectivity index (χ1) is 8.22. The summed E-state index contributed by atoms with van der Waals surface area (Å²) in [5.74, 6) is 0. The van der Waals surface area contributed by atoms with Gasteiger partial charge in [0.15, 0.2) is 0 Å². The second-order valence-corrected chi connectivity index (χ2v) is 7.66. The topological polar surface area (TPSA) is 21.3 Å². The number of rotatable bonds is 5. The maximum Gasteiger partial charge on any atom is 0.0700 e. The molecule has 0 aliphatic heterocycles. The molecule has 2 nitrogen and oxygen atoms in total. The lowest BCUT2D eigenvalue weighted by Crippen LogP contribution is -2.43. The largest absolute Gasteiger partial charge is 0.374 e. The lowest BCUT2D eigenvalue weighted by molar-refractivity contribution is -0.0472. The van der Waals surface area contributed by atoms with Crippen LogP contribution in [-0.2, 0) is 4.74 Å². The normalized spacial score (nSPS) is 23.0. The first-order valence-electron chi connectivity index (χ1n) is 7.62. The van der Waals surface area contributed by atoms with Gasteiger partial charge in [-0.25, -0.2) is 0 Å². The van der Waals surface area contributed by atoms with Crippen molar-refractivity contribution in [1.29, 1.82) is 0 Å². The standard InChI is InChI=1S/C16H33NO/c1-7-13(12-17-15(2,3)4)18-14-8-10-16(5,6)11-9-14/h13-14,17H,7-12H2,1-6H3. The maximum absolute atomic E-state index is 6.27. The van der Waals surface area contributed by atoms with E-state index in [2.05, 4.69) is 46.9 Å². The molecule has 0 bridgehead atoms. The van der Waals surface area contributed by atoms with Crippen LogP contribution in [0.3, 0.4) is 0 Å². The van der Waals surface area contributed by atoms with Crippen molar-refractivity contribution >= 4 is 0 Å². The van der Waals surface area contributed by atoms with Gasteiger partial charge in [-0.3, -0.25) is 0 Å². The first kappa shape index (κ1) is 16.0.